The molecular formula is C12H19NOS. The van der Waals surface area contributed by atoms with Crippen LogP contribution in [0.25, 0.3) is 0 Å². The van der Waals surface area contributed by atoms with E-state index in [9.17, 15) is 4.79 Å². The molecule has 15 heavy (non-hydrogen) atoms. The fourth-order valence-corrected chi connectivity index (χ4v) is 2.60. The summed E-state index contributed by atoms with van der Waals surface area (Å²) in [7, 11) is 0. The van der Waals surface area contributed by atoms with Crippen molar-refractivity contribution in [2.75, 3.05) is 5.73 Å². The van der Waals surface area contributed by atoms with Crippen LogP contribution in [0.5, 0.6) is 0 Å². The van der Waals surface area contributed by atoms with Crippen molar-refractivity contribution in [1.82, 2.24) is 0 Å². The molecule has 0 atom stereocenters. The van der Waals surface area contributed by atoms with E-state index in [2.05, 4.69) is 6.92 Å². The topological polar surface area (TPSA) is 43.1 Å². The van der Waals surface area contributed by atoms with E-state index in [1.807, 2.05) is 6.07 Å². The van der Waals surface area contributed by atoms with E-state index in [4.69, 9.17) is 5.73 Å². The highest BCUT2D eigenvalue weighted by Gasteiger charge is 2.09. The summed E-state index contributed by atoms with van der Waals surface area (Å²) in [5.41, 5.74) is 6.47. The highest BCUT2D eigenvalue weighted by Crippen LogP contribution is 2.26. The number of anilines is 1. The molecule has 1 rings (SSSR count). The van der Waals surface area contributed by atoms with Crippen molar-refractivity contribution >= 4 is 22.1 Å². The molecular weight excluding hydrogens is 206 g/mol. The van der Waals surface area contributed by atoms with Crippen LogP contribution < -0.4 is 5.73 Å². The predicted molar refractivity (Wildman–Crippen MR) is 66.6 cm³/mol. The summed E-state index contributed by atoms with van der Waals surface area (Å²) >= 11 is 1.56. The minimum absolute atomic E-state index is 0.0727. The van der Waals surface area contributed by atoms with Crippen LogP contribution in [0.15, 0.2) is 6.07 Å². The summed E-state index contributed by atoms with van der Waals surface area (Å²) in [4.78, 5) is 12.4. The van der Waals surface area contributed by atoms with Crippen molar-refractivity contribution in [2.45, 2.75) is 46.0 Å². The summed E-state index contributed by atoms with van der Waals surface area (Å²) in [6.45, 7) is 3.77. The number of hydrogen-bond acceptors (Lipinski definition) is 3. The molecule has 84 valence electrons. The first-order valence-corrected chi connectivity index (χ1v) is 6.36. The van der Waals surface area contributed by atoms with Gasteiger partial charge >= 0.3 is 0 Å². The Kier molecular flexibility index (Phi) is 4.82. The van der Waals surface area contributed by atoms with Gasteiger partial charge < -0.3 is 5.73 Å². The summed E-state index contributed by atoms with van der Waals surface area (Å²) in [5, 5.41) is 0.674. The van der Waals surface area contributed by atoms with Crippen molar-refractivity contribution in [2.24, 2.45) is 0 Å². The molecule has 1 heterocycles. The van der Waals surface area contributed by atoms with Crippen LogP contribution in [-0.2, 0) is 6.42 Å². The maximum atomic E-state index is 11.2. The average Bonchev–Trinajstić information content (AvgIpc) is 2.55. The van der Waals surface area contributed by atoms with Gasteiger partial charge in [-0.2, -0.15) is 0 Å². The standard InChI is InChI=1S/C12H19NOS/c1-3-4-5-6-7-10-8-11(9(2)14)12(13)15-10/h8H,3-7,13H2,1-2H3. The van der Waals surface area contributed by atoms with Crippen LogP contribution in [-0.4, -0.2) is 5.78 Å². The SMILES string of the molecule is CCCCCCc1cc(C(C)=O)c(N)s1. The number of Topliss-reactive ketones (excluding diaryl/α,β-unsaturated/α-hetero) is 1. The van der Waals surface area contributed by atoms with E-state index in [0.29, 0.717) is 10.6 Å². The number of carbonyl (C=O) groups excluding carboxylic acids is 1. The molecule has 0 radical (unpaired) electrons. The number of nitrogens with two attached hydrogens (primary N) is 1. The van der Waals surface area contributed by atoms with Gasteiger partial charge in [-0.25, -0.2) is 0 Å². The Morgan fingerprint density at radius 2 is 2.13 bits per heavy atom. The number of unbranched alkanes of at least 4 members (excludes halogenated alkanes) is 3. The van der Waals surface area contributed by atoms with Gasteiger partial charge in [0.05, 0.1) is 10.6 Å². The van der Waals surface area contributed by atoms with Gasteiger partial charge in [-0.1, -0.05) is 26.2 Å². The highest BCUT2D eigenvalue weighted by atomic mass is 32.1. The van der Waals surface area contributed by atoms with E-state index in [-0.39, 0.29) is 5.78 Å². The normalized spacial score (nSPS) is 10.5. The zero-order chi connectivity index (χ0) is 11.3. The van der Waals surface area contributed by atoms with Crippen LogP contribution in [0, 0.1) is 0 Å². The van der Waals surface area contributed by atoms with Crippen molar-refractivity contribution < 1.29 is 4.79 Å². The number of nitrogen functional groups attached to an aromatic ring is 1. The second-order valence-corrected chi connectivity index (χ2v) is 5.03. The molecule has 1 aromatic rings. The monoisotopic (exact) mass is 225 g/mol. The van der Waals surface area contributed by atoms with E-state index in [1.54, 1.807) is 18.3 Å². The van der Waals surface area contributed by atoms with Crippen LogP contribution in [0.3, 0.4) is 0 Å². The third-order valence-corrected chi connectivity index (χ3v) is 3.49. The minimum Gasteiger partial charge on any atom is -0.390 e. The smallest absolute Gasteiger partial charge is 0.162 e. The maximum absolute atomic E-state index is 11.2. The van der Waals surface area contributed by atoms with Crippen molar-refractivity contribution in [3.05, 3.63) is 16.5 Å². The van der Waals surface area contributed by atoms with Crippen LogP contribution in [0.4, 0.5) is 5.00 Å². The third kappa shape index (κ3) is 3.67. The summed E-state index contributed by atoms with van der Waals surface area (Å²) in [6, 6.07) is 1.95. The van der Waals surface area contributed by atoms with Crippen LogP contribution >= 0.6 is 11.3 Å². The molecule has 0 saturated carbocycles. The van der Waals surface area contributed by atoms with Gasteiger partial charge in [-0.05, 0) is 25.8 Å². The Morgan fingerprint density at radius 3 is 2.67 bits per heavy atom. The molecule has 0 spiro atoms. The lowest BCUT2D eigenvalue weighted by Crippen LogP contribution is -1.93. The second-order valence-electron chi connectivity index (χ2n) is 3.86. The first kappa shape index (κ1) is 12.2. The first-order valence-electron chi connectivity index (χ1n) is 5.54. The summed E-state index contributed by atoms with van der Waals surface area (Å²) in [5.74, 6) is 0.0727. The van der Waals surface area contributed by atoms with Gasteiger partial charge in [-0.3, -0.25) is 4.79 Å². The molecule has 0 fully saturated rings. The lowest BCUT2D eigenvalue weighted by Gasteiger charge is -1.96. The van der Waals surface area contributed by atoms with Crippen molar-refractivity contribution in [3.63, 3.8) is 0 Å². The number of carbonyl (C=O) groups is 1. The maximum Gasteiger partial charge on any atom is 0.162 e. The molecule has 0 bridgehead atoms. The van der Waals surface area contributed by atoms with E-state index >= 15 is 0 Å². The number of rotatable bonds is 6. The fraction of sp³-hybridized carbons (Fsp3) is 0.583. The quantitative estimate of drug-likeness (QED) is 0.593. The first-order chi connectivity index (χ1) is 7.15. The van der Waals surface area contributed by atoms with Gasteiger partial charge in [0.15, 0.2) is 5.78 Å². The molecule has 0 saturated heterocycles. The van der Waals surface area contributed by atoms with Gasteiger partial charge in [0.25, 0.3) is 0 Å². The highest BCUT2D eigenvalue weighted by molar-refractivity contribution is 7.16. The zero-order valence-corrected chi connectivity index (χ0v) is 10.3. The molecule has 3 heteroatoms. The van der Waals surface area contributed by atoms with E-state index < -0.39 is 0 Å². The Bertz CT molecular complexity index is 330. The summed E-state index contributed by atoms with van der Waals surface area (Å²) in [6.07, 6.45) is 6.07. The van der Waals surface area contributed by atoms with Crippen molar-refractivity contribution in [3.8, 4) is 0 Å². The second kappa shape index (κ2) is 5.91. The Morgan fingerprint density at radius 1 is 1.40 bits per heavy atom. The van der Waals surface area contributed by atoms with Crippen LogP contribution in [0.2, 0.25) is 0 Å². The lowest BCUT2D eigenvalue weighted by molar-refractivity contribution is 0.101. The average molecular weight is 225 g/mol. The Balaban J connectivity index is 2.48. The molecule has 2 nitrogen and oxygen atoms in total. The Hall–Kier alpha value is -0.830. The molecule has 2 N–H and O–H groups in total. The number of ketones is 1. The third-order valence-electron chi connectivity index (χ3n) is 2.47. The Labute approximate surface area is 95.5 Å². The molecule has 0 aliphatic rings. The van der Waals surface area contributed by atoms with E-state index in [1.165, 1.54) is 30.6 Å². The molecule has 1 aromatic heterocycles. The minimum atomic E-state index is 0.0727. The molecule has 0 unspecified atom stereocenters. The van der Waals surface area contributed by atoms with Crippen molar-refractivity contribution in [1.29, 1.82) is 0 Å². The largest absolute Gasteiger partial charge is 0.390 e. The zero-order valence-electron chi connectivity index (χ0n) is 9.51. The lowest BCUT2D eigenvalue weighted by atomic mass is 10.1. The molecule has 0 aliphatic heterocycles. The van der Waals surface area contributed by atoms with Gasteiger partial charge in [0.1, 0.15) is 0 Å². The van der Waals surface area contributed by atoms with Gasteiger partial charge in [0, 0.05) is 4.88 Å². The molecule has 0 amide bonds. The van der Waals surface area contributed by atoms with Gasteiger partial charge in [-0.15, -0.1) is 11.3 Å². The number of hydrogen-bond donors (Lipinski definition) is 1. The molecule has 0 aromatic carbocycles. The van der Waals surface area contributed by atoms with Gasteiger partial charge in [0.2, 0.25) is 0 Å². The van der Waals surface area contributed by atoms with Crippen LogP contribution in [0.1, 0.15) is 54.8 Å². The molecule has 0 aliphatic carbocycles. The number of aryl methyl sites for hydroxylation is 1. The van der Waals surface area contributed by atoms with E-state index in [0.717, 1.165) is 6.42 Å². The summed E-state index contributed by atoms with van der Waals surface area (Å²) < 4.78 is 0. The predicted octanol–water partition coefficient (Wildman–Crippen LogP) is 3.66. The fourth-order valence-electron chi connectivity index (χ4n) is 1.58. The number of thiophene rings is 1.